The monoisotopic (exact) mass is 392 g/mol. The van der Waals surface area contributed by atoms with Crippen LogP contribution in [0.25, 0.3) is 10.9 Å². The molecule has 4 heterocycles. The number of amides is 1. The fourth-order valence-electron chi connectivity index (χ4n) is 4.63. The summed E-state index contributed by atoms with van der Waals surface area (Å²) in [5, 5.41) is 12.3. The number of carbonyl (C=O) groups excluding carboxylic acids is 1. The third kappa shape index (κ3) is 3.71. The van der Waals surface area contributed by atoms with Crippen molar-refractivity contribution in [1.82, 2.24) is 19.2 Å². The number of hydrogen-bond donors (Lipinski definition) is 2. The molecule has 9 heteroatoms. The Balaban J connectivity index is 1.48. The van der Waals surface area contributed by atoms with Gasteiger partial charge in [0.15, 0.2) is 0 Å². The molecule has 1 amide bonds. The first-order valence-electron chi connectivity index (χ1n) is 9.11. The summed E-state index contributed by atoms with van der Waals surface area (Å²) in [7, 11) is -3.41. The minimum atomic E-state index is -3.41. The number of piperidine rings is 1. The molecule has 8 nitrogen and oxygen atoms in total. The summed E-state index contributed by atoms with van der Waals surface area (Å²) < 4.78 is 26.8. The van der Waals surface area contributed by atoms with Crippen LogP contribution < -0.4 is 4.72 Å². The van der Waals surface area contributed by atoms with Gasteiger partial charge in [0.25, 0.3) is 0 Å². The fourth-order valence-corrected chi connectivity index (χ4v) is 5.01. The van der Waals surface area contributed by atoms with E-state index in [0.29, 0.717) is 19.4 Å². The van der Waals surface area contributed by atoms with E-state index in [4.69, 9.17) is 0 Å². The molecule has 2 atom stereocenters. The number of nitrogens with zero attached hydrogens (tertiary/aromatic N) is 3. The molecule has 0 radical (unpaired) electrons. The Labute approximate surface area is 158 Å². The molecule has 0 aliphatic carbocycles. The van der Waals surface area contributed by atoms with Gasteiger partial charge < -0.3 is 14.6 Å². The Morgan fingerprint density at radius 2 is 2.04 bits per heavy atom. The first-order chi connectivity index (χ1) is 12.7. The van der Waals surface area contributed by atoms with E-state index in [2.05, 4.69) is 9.71 Å². The second-order valence-corrected chi connectivity index (χ2v) is 9.62. The van der Waals surface area contributed by atoms with Crippen molar-refractivity contribution in [2.45, 2.75) is 49.9 Å². The number of aliphatic hydroxyl groups is 1. The lowest BCUT2D eigenvalue weighted by molar-refractivity contribution is -0.140. The molecule has 146 valence electrons. The molecule has 2 aromatic rings. The zero-order valence-corrected chi connectivity index (χ0v) is 16.0. The zero-order chi connectivity index (χ0) is 19.2. The molecule has 0 spiro atoms. The third-order valence-electron chi connectivity index (χ3n) is 5.67. The van der Waals surface area contributed by atoms with Gasteiger partial charge in [-0.25, -0.2) is 13.1 Å². The minimum absolute atomic E-state index is 0.0532. The van der Waals surface area contributed by atoms with Gasteiger partial charge in [0.2, 0.25) is 15.9 Å². The number of fused-ring (bicyclic) bond motifs is 3. The van der Waals surface area contributed by atoms with Gasteiger partial charge in [-0.3, -0.25) is 9.78 Å². The van der Waals surface area contributed by atoms with Crippen LogP contribution >= 0.6 is 0 Å². The van der Waals surface area contributed by atoms with Crippen LogP contribution in [-0.2, 0) is 21.4 Å². The standard InChI is InChI=1S/C18H24N4O4S/c1-27(25,26)20-11-17(23)22-14-2-3-15(22)9-18(24,8-14)12-21-7-5-13-4-6-19-10-16(13)21/h4-7,10,14-15,20,24H,2-3,8-9,11-12H2,1H3. The van der Waals surface area contributed by atoms with E-state index in [1.807, 2.05) is 22.9 Å². The topological polar surface area (TPSA) is 105 Å². The quantitative estimate of drug-likeness (QED) is 0.770. The van der Waals surface area contributed by atoms with Gasteiger partial charge in [-0.2, -0.15) is 0 Å². The lowest BCUT2D eigenvalue weighted by Gasteiger charge is -2.44. The third-order valence-corrected chi connectivity index (χ3v) is 6.33. The predicted molar refractivity (Wildman–Crippen MR) is 100 cm³/mol. The first-order valence-corrected chi connectivity index (χ1v) is 11.0. The molecule has 2 unspecified atom stereocenters. The Hall–Kier alpha value is -1.97. The number of rotatable bonds is 5. The molecular weight excluding hydrogens is 368 g/mol. The van der Waals surface area contributed by atoms with Crippen LogP contribution in [0.2, 0.25) is 0 Å². The van der Waals surface area contributed by atoms with Crippen LogP contribution in [0, 0.1) is 0 Å². The van der Waals surface area contributed by atoms with Crippen molar-refractivity contribution in [3.8, 4) is 0 Å². The van der Waals surface area contributed by atoms with Crippen LogP contribution in [0.1, 0.15) is 25.7 Å². The Bertz CT molecular complexity index is 957. The van der Waals surface area contributed by atoms with E-state index in [9.17, 15) is 18.3 Å². The van der Waals surface area contributed by atoms with Crippen molar-refractivity contribution in [3.63, 3.8) is 0 Å². The normalized spacial score (nSPS) is 28.0. The maximum absolute atomic E-state index is 12.5. The number of sulfonamides is 1. The summed E-state index contributed by atoms with van der Waals surface area (Å²) in [6.45, 7) is 0.233. The van der Waals surface area contributed by atoms with Crippen molar-refractivity contribution < 1.29 is 18.3 Å². The van der Waals surface area contributed by atoms with Gasteiger partial charge in [-0.15, -0.1) is 0 Å². The van der Waals surface area contributed by atoms with Crippen molar-refractivity contribution in [1.29, 1.82) is 0 Å². The van der Waals surface area contributed by atoms with Crippen molar-refractivity contribution in [3.05, 3.63) is 30.7 Å². The van der Waals surface area contributed by atoms with E-state index >= 15 is 0 Å². The highest BCUT2D eigenvalue weighted by Gasteiger charge is 2.49. The highest BCUT2D eigenvalue weighted by molar-refractivity contribution is 7.88. The van der Waals surface area contributed by atoms with Crippen LogP contribution in [0.3, 0.4) is 0 Å². The van der Waals surface area contributed by atoms with E-state index < -0.39 is 15.6 Å². The lowest BCUT2D eigenvalue weighted by Crippen LogP contribution is -2.56. The van der Waals surface area contributed by atoms with Crippen molar-refractivity contribution >= 4 is 26.8 Å². The molecule has 2 aliphatic rings. The summed E-state index contributed by atoms with van der Waals surface area (Å²) in [4.78, 5) is 18.5. The van der Waals surface area contributed by atoms with Gasteiger partial charge in [-0.05, 0) is 37.8 Å². The maximum atomic E-state index is 12.5. The molecular formula is C18H24N4O4S. The highest BCUT2D eigenvalue weighted by atomic mass is 32.2. The van der Waals surface area contributed by atoms with Crippen LogP contribution in [0.5, 0.6) is 0 Å². The van der Waals surface area contributed by atoms with Crippen LogP contribution in [0.15, 0.2) is 30.7 Å². The number of carbonyl (C=O) groups is 1. The molecule has 0 aromatic carbocycles. The summed E-state index contributed by atoms with van der Waals surface area (Å²) in [6, 6.07) is 3.84. The average molecular weight is 392 g/mol. The molecule has 0 saturated carbocycles. The number of hydrogen-bond acceptors (Lipinski definition) is 5. The second-order valence-electron chi connectivity index (χ2n) is 7.79. The molecule has 2 N–H and O–H groups in total. The van der Waals surface area contributed by atoms with E-state index in [-0.39, 0.29) is 24.5 Å². The molecule has 2 aliphatic heterocycles. The number of aromatic nitrogens is 2. The first kappa shape index (κ1) is 18.4. The molecule has 2 bridgehead atoms. The van der Waals surface area contributed by atoms with Gasteiger partial charge in [-0.1, -0.05) is 0 Å². The fraction of sp³-hybridized carbons (Fsp3) is 0.556. The summed E-state index contributed by atoms with van der Waals surface area (Å²) in [5.74, 6) is -0.217. The summed E-state index contributed by atoms with van der Waals surface area (Å²) in [6.07, 6.45) is 9.21. The Morgan fingerprint density at radius 1 is 1.33 bits per heavy atom. The smallest absolute Gasteiger partial charge is 0.238 e. The van der Waals surface area contributed by atoms with Gasteiger partial charge in [0.05, 0.1) is 36.7 Å². The van der Waals surface area contributed by atoms with Crippen molar-refractivity contribution in [2.24, 2.45) is 0 Å². The summed E-state index contributed by atoms with van der Waals surface area (Å²) >= 11 is 0. The van der Waals surface area contributed by atoms with E-state index in [1.54, 1.807) is 17.3 Å². The largest absolute Gasteiger partial charge is 0.388 e. The molecule has 2 saturated heterocycles. The molecule has 27 heavy (non-hydrogen) atoms. The van der Waals surface area contributed by atoms with E-state index in [1.165, 1.54) is 0 Å². The minimum Gasteiger partial charge on any atom is -0.388 e. The van der Waals surface area contributed by atoms with Crippen LogP contribution in [0.4, 0.5) is 0 Å². The average Bonchev–Trinajstić information content (AvgIpc) is 3.12. The maximum Gasteiger partial charge on any atom is 0.238 e. The Morgan fingerprint density at radius 3 is 2.70 bits per heavy atom. The molecule has 2 fully saturated rings. The van der Waals surface area contributed by atoms with Gasteiger partial charge in [0, 0.05) is 29.9 Å². The Kier molecular flexibility index (Phi) is 4.48. The SMILES string of the molecule is CS(=O)(=O)NCC(=O)N1C2CCC1CC(O)(Cn1ccc3ccncc31)C2. The predicted octanol–water partition coefficient (Wildman–Crippen LogP) is 0.470. The molecule has 4 rings (SSSR count). The van der Waals surface area contributed by atoms with E-state index in [0.717, 1.165) is 30.0 Å². The van der Waals surface area contributed by atoms with Crippen molar-refractivity contribution in [2.75, 3.05) is 12.8 Å². The number of nitrogens with one attached hydrogen (secondary N) is 1. The van der Waals surface area contributed by atoms with Crippen LogP contribution in [-0.4, -0.2) is 64.4 Å². The highest BCUT2D eigenvalue weighted by Crippen LogP contribution is 2.41. The second kappa shape index (κ2) is 6.57. The van der Waals surface area contributed by atoms with Gasteiger partial charge in [0.1, 0.15) is 0 Å². The zero-order valence-electron chi connectivity index (χ0n) is 15.2. The summed E-state index contributed by atoms with van der Waals surface area (Å²) in [5.41, 5.74) is 0.0865. The number of pyridine rings is 1. The molecule has 2 aromatic heterocycles. The van der Waals surface area contributed by atoms with Gasteiger partial charge >= 0.3 is 0 Å². The lowest BCUT2D eigenvalue weighted by atomic mass is 9.85.